The number of carbonyl (C=O) groups is 1. The average Bonchev–Trinajstić information content (AvgIpc) is 3.27. The Morgan fingerprint density at radius 1 is 1.18 bits per heavy atom. The van der Waals surface area contributed by atoms with E-state index in [9.17, 15) is 13.6 Å². The number of aromatic amines is 1. The zero-order valence-electron chi connectivity index (χ0n) is 14.1. The molecule has 0 radical (unpaired) electrons. The Hall–Kier alpha value is -2.97. The van der Waals surface area contributed by atoms with Crippen molar-refractivity contribution in [2.45, 2.75) is 6.61 Å². The number of hydrogen-bond acceptors (Lipinski definition) is 4. The van der Waals surface area contributed by atoms with Crippen LogP contribution in [0.25, 0.3) is 22.2 Å². The summed E-state index contributed by atoms with van der Waals surface area (Å²) in [6.07, 6.45) is 0. The second-order valence-electron chi connectivity index (χ2n) is 5.73. The molecule has 2 aromatic heterocycles. The summed E-state index contributed by atoms with van der Waals surface area (Å²) in [5.74, 6) is -0.432. The first-order chi connectivity index (χ1) is 13.5. The molecule has 5 nitrogen and oxygen atoms in total. The van der Waals surface area contributed by atoms with E-state index in [0.717, 1.165) is 22.2 Å². The average molecular weight is 420 g/mol. The predicted octanol–water partition coefficient (Wildman–Crippen LogP) is 5.80. The van der Waals surface area contributed by atoms with Crippen molar-refractivity contribution in [3.63, 3.8) is 0 Å². The number of thiazole rings is 1. The number of H-pyrrole nitrogens is 1. The molecule has 4 aromatic rings. The smallest absolute Gasteiger partial charge is 0.387 e. The summed E-state index contributed by atoms with van der Waals surface area (Å²) < 4.78 is 29.7. The molecule has 0 unspecified atom stereocenters. The van der Waals surface area contributed by atoms with Crippen LogP contribution < -0.4 is 10.1 Å². The standard InChI is InChI=1S/C19H12ClF2N3O2S/c20-15-11-6-1-3-7-12(11)23-16(15)17(26)25-19-24-13(9-28-19)10-5-2-4-8-14(10)27-18(21)22/h1-9,18,23H,(H,24,25,26). The van der Waals surface area contributed by atoms with Crippen LogP contribution in [0.5, 0.6) is 5.75 Å². The van der Waals surface area contributed by atoms with Gasteiger partial charge >= 0.3 is 6.61 Å². The van der Waals surface area contributed by atoms with Gasteiger partial charge in [-0.15, -0.1) is 11.3 Å². The number of hydrogen-bond donors (Lipinski definition) is 2. The molecule has 0 atom stereocenters. The number of nitrogens with one attached hydrogen (secondary N) is 2. The van der Waals surface area contributed by atoms with E-state index in [1.807, 2.05) is 24.3 Å². The van der Waals surface area contributed by atoms with Crippen LogP contribution in [0.2, 0.25) is 5.02 Å². The maximum atomic E-state index is 12.6. The zero-order chi connectivity index (χ0) is 19.7. The third-order valence-electron chi connectivity index (χ3n) is 3.97. The maximum absolute atomic E-state index is 12.6. The molecular formula is C19H12ClF2N3O2S. The molecule has 0 aliphatic rings. The van der Waals surface area contributed by atoms with Crippen LogP contribution in [-0.2, 0) is 0 Å². The highest BCUT2D eigenvalue weighted by molar-refractivity contribution is 7.14. The van der Waals surface area contributed by atoms with Crippen LogP contribution in [0.15, 0.2) is 53.9 Å². The van der Waals surface area contributed by atoms with Gasteiger partial charge in [-0.05, 0) is 18.2 Å². The van der Waals surface area contributed by atoms with E-state index in [-0.39, 0.29) is 11.4 Å². The summed E-state index contributed by atoms with van der Waals surface area (Å²) in [6.45, 7) is -2.94. The number of alkyl halides is 2. The van der Waals surface area contributed by atoms with Crippen molar-refractivity contribution in [2.75, 3.05) is 5.32 Å². The molecule has 0 aliphatic heterocycles. The molecule has 2 heterocycles. The van der Waals surface area contributed by atoms with Crippen LogP contribution in [0.4, 0.5) is 13.9 Å². The molecule has 0 fully saturated rings. The fourth-order valence-corrected chi connectivity index (χ4v) is 3.76. The van der Waals surface area contributed by atoms with Crippen molar-refractivity contribution in [2.24, 2.45) is 0 Å². The molecular weight excluding hydrogens is 408 g/mol. The molecule has 9 heteroatoms. The first kappa shape index (κ1) is 18.4. The molecule has 142 valence electrons. The summed E-state index contributed by atoms with van der Waals surface area (Å²) in [4.78, 5) is 19.9. The summed E-state index contributed by atoms with van der Waals surface area (Å²) in [6, 6.07) is 13.6. The van der Waals surface area contributed by atoms with E-state index in [4.69, 9.17) is 11.6 Å². The lowest BCUT2D eigenvalue weighted by Gasteiger charge is -2.08. The Morgan fingerprint density at radius 2 is 1.93 bits per heavy atom. The molecule has 4 rings (SSSR count). The number of benzene rings is 2. The van der Waals surface area contributed by atoms with Gasteiger partial charge in [0.05, 0.1) is 10.7 Å². The van der Waals surface area contributed by atoms with Gasteiger partial charge in [-0.25, -0.2) is 4.98 Å². The van der Waals surface area contributed by atoms with Crippen molar-refractivity contribution >= 4 is 44.9 Å². The van der Waals surface area contributed by atoms with Crippen molar-refractivity contribution in [1.82, 2.24) is 9.97 Å². The molecule has 28 heavy (non-hydrogen) atoms. The highest BCUT2D eigenvalue weighted by atomic mass is 35.5. The minimum absolute atomic E-state index is 0.0133. The van der Waals surface area contributed by atoms with Gasteiger partial charge in [0.2, 0.25) is 0 Å². The molecule has 0 spiro atoms. The Bertz CT molecular complexity index is 1160. The Balaban J connectivity index is 1.58. The highest BCUT2D eigenvalue weighted by Crippen LogP contribution is 2.33. The van der Waals surface area contributed by atoms with Crippen LogP contribution in [-0.4, -0.2) is 22.5 Å². The molecule has 1 amide bonds. The van der Waals surface area contributed by atoms with Gasteiger partial charge in [0.1, 0.15) is 11.4 Å². The van der Waals surface area contributed by atoms with Crippen molar-refractivity contribution in [3.05, 3.63) is 64.6 Å². The van der Waals surface area contributed by atoms with Crippen LogP contribution in [0, 0.1) is 0 Å². The third-order valence-corrected chi connectivity index (χ3v) is 5.12. The first-order valence-corrected chi connectivity index (χ1v) is 9.36. The van der Waals surface area contributed by atoms with Gasteiger partial charge in [-0.1, -0.05) is 41.9 Å². The number of halogens is 3. The summed E-state index contributed by atoms with van der Waals surface area (Å²) in [5, 5.41) is 5.69. The lowest BCUT2D eigenvalue weighted by atomic mass is 10.1. The zero-order valence-corrected chi connectivity index (χ0v) is 15.7. The second kappa shape index (κ2) is 7.57. The summed E-state index contributed by atoms with van der Waals surface area (Å²) in [5.41, 5.74) is 1.79. The number of aromatic nitrogens is 2. The van der Waals surface area contributed by atoms with Crippen molar-refractivity contribution in [1.29, 1.82) is 0 Å². The number of carbonyl (C=O) groups excluding carboxylic acids is 1. The molecule has 0 aliphatic carbocycles. The molecule has 0 saturated heterocycles. The molecule has 2 aromatic carbocycles. The first-order valence-electron chi connectivity index (χ1n) is 8.10. The third kappa shape index (κ3) is 3.56. The molecule has 2 N–H and O–H groups in total. The van der Waals surface area contributed by atoms with Gasteiger partial charge in [0.25, 0.3) is 5.91 Å². The van der Waals surface area contributed by atoms with Crippen LogP contribution in [0.3, 0.4) is 0 Å². The topological polar surface area (TPSA) is 67.0 Å². The largest absolute Gasteiger partial charge is 0.434 e. The summed E-state index contributed by atoms with van der Waals surface area (Å²) in [7, 11) is 0. The van der Waals surface area contributed by atoms with Gasteiger partial charge < -0.3 is 9.72 Å². The van der Waals surface area contributed by atoms with Crippen LogP contribution >= 0.6 is 22.9 Å². The van der Waals surface area contributed by atoms with E-state index < -0.39 is 12.5 Å². The van der Waals surface area contributed by atoms with E-state index >= 15 is 0 Å². The van der Waals surface area contributed by atoms with Crippen molar-refractivity contribution < 1.29 is 18.3 Å². The van der Waals surface area contributed by atoms with Gasteiger partial charge in [0, 0.05) is 21.8 Å². The maximum Gasteiger partial charge on any atom is 0.387 e. The van der Waals surface area contributed by atoms with Crippen LogP contribution in [0.1, 0.15) is 10.5 Å². The number of amides is 1. The lowest BCUT2D eigenvalue weighted by molar-refractivity contribution is -0.0494. The fourth-order valence-electron chi connectivity index (χ4n) is 2.76. The lowest BCUT2D eigenvalue weighted by Crippen LogP contribution is -2.12. The Labute approximate surface area is 166 Å². The van der Waals surface area contributed by atoms with Crippen molar-refractivity contribution in [3.8, 4) is 17.0 Å². The Kier molecular flexibility index (Phi) is 4.97. The minimum atomic E-state index is -2.94. The fraction of sp³-hybridized carbons (Fsp3) is 0.0526. The second-order valence-corrected chi connectivity index (χ2v) is 6.96. The number of para-hydroxylation sites is 2. The van der Waals surface area contributed by atoms with E-state index in [1.54, 1.807) is 23.6 Å². The van der Waals surface area contributed by atoms with Gasteiger partial charge in [-0.3, -0.25) is 10.1 Å². The number of ether oxygens (including phenoxy) is 1. The number of fused-ring (bicyclic) bond motifs is 1. The number of anilines is 1. The SMILES string of the molecule is O=C(Nc1nc(-c2ccccc2OC(F)F)cs1)c1[nH]c2ccccc2c1Cl. The minimum Gasteiger partial charge on any atom is -0.434 e. The Morgan fingerprint density at radius 3 is 2.71 bits per heavy atom. The van der Waals surface area contributed by atoms with Gasteiger partial charge in [0.15, 0.2) is 5.13 Å². The number of rotatable bonds is 5. The highest BCUT2D eigenvalue weighted by Gasteiger charge is 2.18. The van der Waals surface area contributed by atoms with E-state index in [1.165, 1.54) is 6.07 Å². The monoisotopic (exact) mass is 419 g/mol. The number of nitrogens with zero attached hydrogens (tertiary/aromatic N) is 1. The normalized spacial score (nSPS) is 11.1. The van der Waals surface area contributed by atoms with E-state index in [0.29, 0.717) is 21.4 Å². The van der Waals surface area contributed by atoms with E-state index in [2.05, 4.69) is 20.0 Å². The molecule has 0 bridgehead atoms. The quantitative estimate of drug-likeness (QED) is 0.429. The molecule has 0 saturated carbocycles. The summed E-state index contributed by atoms with van der Waals surface area (Å²) >= 11 is 7.46. The predicted molar refractivity (Wildman–Crippen MR) is 105 cm³/mol. The van der Waals surface area contributed by atoms with Gasteiger partial charge in [-0.2, -0.15) is 8.78 Å².